The number of fused-ring (bicyclic) bond motifs is 1. The molecule has 1 aromatic rings. The van der Waals surface area contributed by atoms with Gasteiger partial charge in [0.1, 0.15) is 18.9 Å². The van der Waals surface area contributed by atoms with E-state index in [0.29, 0.717) is 6.54 Å². The molecule has 1 unspecified atom stereocenters. The fraction of sp³-hybridized carbons (Fsp3) is 0.526. The number of nitrogens with zero attached hydrogens (tertiary/aromatic N) is 1. The molecule has 0 radical (unpaired) electrons. The van der Waals surface area contributed by atoms with E-state index in [-0.39, 0.29) is 18.9 Å². The summed E-state index contributed by atoms with van der Waals surface area (Å²) in [6.07, 6.45) is -2.58. The number of benzene rings is 1. The first-order chi connectivity index (χ1) is 12.9. The molecule has 0 saturated carbocycles. The van der Waals surface area contributed by atoms with Gasteiger partial charge >= 0.3 is 17.9 Å². The molecule has 146 valence electrons. The number of esters is 3. The molecule has 0 bridgehead atoms. The molecule has 2 heterocycles. The Morgan fingerprint density at radius 3 is 2.19 bits per heavy atom. The van der Waals surface area contributed by atoms with E-state index in [1.54, 1.807) is 0 Å². The van der Waals surface area contributed by atoms with E-state index in [4.69, 9.17) is 18.9 Å². The molecule has 6 atom stereocenters. The summed E-state index contributed by atoms with van der Waals surface area (Å²) in [7, 11) is 0. The number of hydrogen-bond donors (Lipinski definition) is 0. The highest BCUT2D eigenvalue weighted by Gasteiger charge is 2.64. The molecule has 2 fully saturated rings. The molecular weight excluding hydrogens is 354 g/mol. The summed E-state index contributed by atoms with van der Waals surface area (Å²) >= 11 is 0. The van der Waals surface area contributed by atoms with Gasteiger partial charge in [-0.1, -0.05) is 30.3 Å². The first-order valence-electron chi connectivity index (χ1n) is 8.79. The van der Waals surface area contributed by atoms with E-state index in [1.165, 1.54) is 20.8 Å². The van der Waals surface area contributed by atoms with Gasteiger partial charge in [-0.05, 0) is 5.56 Å². The van der Waals surface area contributed by atoms with Crippen LogP contribution in [0, 0.1) is 0 Å². The van der Waals surface area contributed by atoms with E-state index in [9.17, 15) is 14.4 Å². The summed E-state index contributed by atoms with van der Waals surface area (Å²) in [6.45, 7) is 4.37. The minimum Gasteiger partial charge on any atom is -0.463 e. The lowest BCUT2D eigenvalue weighted by Gasteiger charge is -2.34. The van der Waals surface area contributed by atoms with Gasteiger partial charge in [0.2, 0.25) is 0 Å². The van der Waals surface area contributed by atoms with Crippen molar-refractivity contribution in [2.75, 3.05) is 6.61 Å². The topological polar surface area (TPSA) is 91.1 Å². The van der Waals surface area contributed by atoms with Crippen LogP contribution < -0.4 is 0 Å². The predicted octanol–water partition coefficient (Wildman–Crippen LogP) is 1.02. The minimum atomic E-state index is -0.854. The van der Waals surface area contributed by atoms with Crippen molar-refractivity contribution in [1.29, 1.82) is 0 Å². The van der Waals surface area contributed by atoms with Gasteiger partial charge in [0.05, 0.1) is 6.04 Å². The van der Waals surface area contributed by atoms with Crippen molar-refractivity contribution in [2.45, 2.75) is 57.9 Å². The van der Waals surface area contributed by atoms with Crippen LogP contribution in [0.3, 0.4) is 0 Å². The van der Waals surface area contributed by atoms with Gasteiger partial charge in [-0.3, -0.25) is 19.3 Å². The zero-order chi connectivity index (χ0) is 19.6. The molecule has 2 saturated heterocycles. The van der Waals surface area contributed by atoms with Crippen LogP contribution in [0.15, 0.2) is 30.3 Å². The standard InChI is InChI=1S/C19H23NO7/c1-11(21)24-10-15-17(25-12(2)22)18(26-13(3)23)16-19(27-15)20(16)9-14-7-5-4-6-8-14/h4-8,15-19H,9-10H2,1-3H3/t15-,16-,17-,18-,19+,20?/m1/s1. The monoisotopic (exact) mass is 377 g/mol. The maximum atomic E-state index is 11.6. The van der Waals surface area contributed by atoms with Crippen LogP contribution in [0.4, 0.5) is 0 Å². The van der Waals surface area contributed by atoms with E-state index in [1.807, 2.05) is 35.2 Å². The third-order valence-corrected chi connectivity index (χ3v) is 4.52. The highest BCUT2D eigenvalue weighted by atomic mass is 16.6. The van der Waals surface area contributed by atoms with E-state index >= 15 is 0 Å². The molecule has 0 spiro atoms. The first kappa shape index (κ1) is 19.3. The van der Waals surface area contributed by atoms with Gasteiger partial charge in [-0.25, -0.2) is 0 Å². The predicted molar refractivity (Wildman–Crippen MR) is 92.2 cm³/mol. The summed E-state index contributed by atoms with van der Waals surface area (Å²) in [4.78, 5) is 36.4. The van der Waals surface area contributed by atoms with Crippen molar-refractivity contribution in [1.82, 2.24) is 4.90 Å². The normalized spacial score (nSPS) is 31.4. The summed E-state index contributed by atoms with van der Waals surface area (Å²) in [5.74, 6) is -1.47. The van der Waals surface area contributed by atoms with Gasteiger partial charge in [-0.15, -0.1) is 0 Å². The Hall–Kier alpha value is -2.45. The number of carbonyl (C=O) groups excluding carboxylic acids is 3. The number of rotatable bonds is 6. The average molecular weight is 377 g/mol. The lowest BCUT2D eigenvalue weighted by molar-refractivity contribution is -0.197. The molecule has 1 aromatic carbocycles. The van der Waals surface area contributed by atoms with Crippen molar-refractivity contribution >= 4 is 17.9 Å². The SMILES string of the molecule is CC(=O)OC[C@H]1O[C@H]2[C@@H]([C@@H](OC(C)=O)[C@@H]1OC(C)=O)N2Cc1ccccc1. The second-order valence-electron chi connectivity index (χ2n) is 6.66. The van der Waals surface area contributed by atoms with Crippen LogP contribution in [-0.2, 0) is 39.9 Å². The van der Waals surface area contributed by atoms with Crippen molar-refractivity contribution in [2.24, 2.45) is 0 Å². The lowest BCUT2D eigenvalue weighted by atomic mass is 10.0. The van der Waals surface area contributed by atoms with Gasteiger partial charge in [0.15, 0.2) is 12.2 Å². The maximum absolute atomic E-state index is 11.6. The van der Waals surface area contributed by atoms with Crippen LogP contribution in [0.5, 0.6) is 0 Å². The summed E-state index contributed by atoms with van der Waals surface area (Å²) in [6, 6.07) is 9.57. The quantitative estimate of drug-likeness (QED) is 0.412. The fourth-order valence-corrected chi connectivity index (χ4v) is 3.43. The third kappa shape index (κ3) is 4.64. The van der Waals surface area contributed by atoms with E-state index in [0.717, 1.165) is 5.56 Å². The molecule has 27 heavy (non-hydrogen) atoms. The first-order valence-corrected chi connectivity index (χ1v) is 8.79. The highest BCUT2D eigenvalue weighted by molar-refractivity contribution is 5.68. The number of carbonyl (C=O) groups is 3. The van der Waals surface area contributed by atoms with E-state index < -0.39 is 36.2 Å². The molecule has 8 heteroatoms. The third-order valence-electron chi connectivity index (χ3n) is 4.52. The van der Waals surface area contributed by atoms with Crippen LogP contribution in [0.2, 0.25) is 0 Å². The zero-order valence-electron chi connectivity index (χ0n) is 15.5. The highest BCUT2D eigenvalue weighted by Crippen LogP contribution is 2.43. The van der Waals surface area contributed by atoms with Crippen molar-refractivity contribution < 1.29 is 33.3 Å². The second kappa shape index (κ2) is 8.06. The van der Waals surface area contributed by atoms with Crippen LogP contribution in [0.25, 0.3) is 0 Å². The van der Waals surface area contributed by atoms with Crippen molar-refractivity contribution in [3.05, 3.63) is 35.9 Å². The van der Waals surface area contributed by atoms with Crippen molar-refractivity contribution in [3.63, 3.8) is 0 Å². The molecule has 2 aliphatic rings. The van der Waals surface area contributed by atoms with Crippen LogP contribution >= 0.6 is 0 Å². The molecule has 0 amide bonds. The Balaban J connectivity index is 1.80. The Kier molecular flexibility index (Phi) is 5.76. The van der Waals surface area contributed by atoms with Gasteiger partial charge in [-0.2, -0.15) is 0 Å². The Bertz CT molecular complexity index is 707. The van der Waals surface area contributed by atoms with Crippen molar-refractivity contribution in [3.8, 4) is 0 Å². The fourth-order valence-electron chi connectivity index (χ4n) is 3.43. The number of ether oxygens (including phenoxy) is 4. The molecule has 3 rings (SSSR count). The van der Waals surface area contributed by atoms with Gasteiger partial charge in [0.25, 0.3) is 0 Å². The Morgan fingerprint density at radius 1 is 0.963 bits per heavy atom. The Morgan fingerprint density at radius 2 is 1.59 bits per heavy atom. The molecule has 8 nitrogen and oxygen atoms in total. The molecule has 0 N–H and O–H groups in total. The molecule has 0 aromatic heterocycles. The maximum Gasteiger partial charge on any atom is 0.303 e. The number of hydrogen-bond acceptors (Lipinski definition) is 8. The Labute approximate surface area is 157 Å². The van der Waals surface area contributed by atoms with E-state index in [2.05, 4.69) is 0 Å². The molecule has 2 aliphatic heterocycles. The largest absolute Gasteiger partial charge is 0.463 e. The van der Waals surface area contributed by atoms with Gasteiger partial charge in [0, 0.05) is 27.3 Å². The summed E-state index contributed by atoms with van der Waals surface area (Å²) in [5, 5.41) is 0. The van der Waals surface area contributed by atoms with Crippen LogP contribution in [0.1, 0.15) is 26.3 Å². The zero-order valence-corrected chi connectivity index (χ0v) is 15.5. The summed E-state index contributed by atoms with van der Waals surface area (Å²) in [5.41, 5.74) is 1.08. The van der Waals surface area contributed by atoms with Gasteiger partial charge < -0.3 is 18.9 Å². The summed E-state index contributed by atoms with van der Waals surface area (Å²) < 4.78 is 21.9. The van der Waals surface area contributed by atoms with Crippen LogP contribution in [-0.4, -0.2) is 60.0 Å². The minimum absolute atomic E-state index is 0.0898. The lowest BCUT2D eigenvalue weighted by Crippen LogP contribution is -2.53. The molecular formula is C19H23NO7. The smallest absolute Gasteiger partial charge is 0.303 e. The second-order valence-corrected chi connectivity index (χ2v) is 6.66. The molecule has 0 aliphatic carbocycles. The average Bonchev–Trinajstić information content (AvgIpc) is 3.27.